The number of nitrogens with zero attached hydrogens (tertiary/aromatic N) is 1. The van der Waals surface area contributed by atoms with E-state index < -0.39 is 0 Å². The maximum Gasteiger partial charge on any atom is 0.246 e. The molecule has 0 saturated heterocycles. The number of nitrogens with one attached hydrogen (secondary N) is 1. The van der Waals surface area contributed by atoms with Crippen LogP contribution in [0.3, 0.4) is 0 Å². The normalized spacial score (nSPS) is 12.6. The quantitative estimate of drug-likeness (QED) is 0.760. The molecule has 0 spiro atoms. The number of rotatable bonds is 7. The standard InChI is InChI=1S/C14H30N2O2/c1-11(2)16(12(3)4)9-8-15-13(17)10-18-14(5,6)7/h11-12H,8-10H2,1-7H3,(H,15,17). The lowest BCUT2D eigenvalue weighted by atomic mass is 10.2. The summed E-state index contributed by atoms with van der Waals surface area (Å²) in [5.41, 5.74) is -0.265. The van der Waals surface area contributed by atoms with Crippen LogP contribution in [0, 0.1) is 0 Å². The van der Waals surface area contributed by atoms with Crippen LogP contribution in [0.25, 0.3) is 0 Å². The molecule has 0 rings (SSSR count). The van der Waals surface area contributed by atoms with E-state index in [1.54, 1.807) is 0 Å². The van der Waals surface area contributed by atoms with E-state index in [9.17, 15) is 4.79 Å². The van der Waals surface area contributed by atoms with E-state index in [2.05, 4.69) is 37.9 Å². The smallest absolute Gasteiger partial charge is 0.246 e. The second-order valence-corrected chi connectivity index (χ2v) is 6.18. The summed E-state index contributed by atoms with van der Waals surface area (Å²) in [5, 5.41) is 2.89. The minimum absolute atomic E-state index is 0.0441. The molecule has 0 aromatic heterocycles. The average Bonchev–Trinajstić information content (AvgIpc) is 2.19. The van der Waals surface area contributed by atoms with Crippen molar-refractivity contribution in [2.45, 2.75) is 66.2 Å². The van der Waals surface area contributed by atoms with Gasteiger partial charge in [0.2, 0.25) is 5.91 Å². The summed E-state index contributed by atoms with van der Waals surface area (Å²) in [6, 6.07) is 0.987. The molecule has 0 fully saturated rings. The second-order valence-electron chi connectivity index (χ2n) is 6.18. The first kappa shape index (κ1) is 17.4. The van der Waals surface area contributed by atoms with Crippen molar-refractivity contribution in [2.75, 3.05) is 19.7 Å². The minimum atomic E-state index is -0.265. The molecule has 0 aliphatic heterocycles. The molecule has 0 atom stereocenters. The Bertz CT molecular complexity index is 237. The minimum Gasteiger partial charge on any atom is -0.366 e. The van der Waals surface area contributed by atoms with E-state index in [0.29, 0.717) is 18.6 Å². The predicted molar refractivity (Wildman–Crippen MR) is 75.7 cm³/mol. The molecule has 0 radical (unpaired) electrons. The van der Waals surface area contributed by atoms with Crippen molar-refractivity contribution in [1.29, 1.82) is 0 Å². The molecule has 1 amide bonds. The second kappa shape index (κ2) is 7.74. The summed E-state index contributed by atoms with van der Waals surface area (Å²) in [6.07, 6.45) is 0. The molecule has 0 heterocycles. The van der Waals surface area contributed by atoms with Crippen molar-refractivity contribution in [3.8, 4) is 0 Å². The Kier molecular flexibility index (Phi) is 7.48. The molecule has 0 saturated carbocycles. The van der Waals surface area contributed by atoms with Crippen LogP contribution in [-0.2, 0) is 9.53 Å². The lowest BCUT2D eigenvalue weighted by Gasteiger charge is -2.30. The number of hydrogen-bond acceptors (Lipinski definition) is 3. The highest BCUT2D eigenvalue weighted by Crippen LogP contribution is 2.05. The number of amides is 1. The molecule has 0 aliphatic carbocycles. The summed E-state index contributed by atoms with van der Waals surface area (Å²) < 4.78 is 5.42. The van der Waals surface area contributed by atoms with Gasteiger partial charge in [0.25, 0.3) is 0 Å². The van der Waals surface area contributed by atoms with E-state index in [4.69, 9.17) is 4.74 Å². The van der Waals surface area contributed by atoms with Crippen LogP contribution in [-0.4, -0.2) is 48.2 Å². The van der Waals surface area contributed by atoms with Crippen LogP contribution >= 0.6 is 0 Å². The number of carbonyl (C=O) groups excluding carboxylic acids is 1. The number of ether oxygens (including phenoxy) is 1. The summed E-state index contributed by atoms with van der Waals surface area (Å²) in [4.78, 5) is 13.9. The van der Waals surface area contributed by atoms with Gasteiger partial charge in [-0.1, -0.05) is 0 Å². The van der Waals surface area contributed by atoms with Crippen molar-refractivity contribution in [3.05, 3.63) is 0 Å². The van der Waals surface area contributed by atoms with E-state index in [0.717, 1.165) is 6.54 Å². The van der Waals surface area contributed by atoms with E-state index >= 15 is 0 Å². The maximum absolute atomic E-state index is 11.6. The topological polar surface area (TPSA) is 41.6 Å². The highest BCUT2D eigenvalue weighted by molar-refractivity contribution is 5.77. The van der Waals surface area contributed by atoms with Gasteiger partial charge < -0.3 is 10.1 Å². The molecule has 0 unspecified atom stereocenters. The van der Waals surface area contributed by atoms with E-state index in [1.165, 1.54) is 0 Å². The van der Waals surface area contributed by atoms with Crippen molar-refractivity contribution >= 4 is 5.91 Å². The van der Waals surface area contributed by atoms with Crippen molar-refractivity contribution < 1.29 is 9.53 Å². The fourth-order valence-electron chi connectivity index (χ4n) is 1.77. The van der Waals surface area contributed by atoms with Crippen molar-refractivity contribution in [1.82, 2.24) is 10.2 Å². The Labute approximate surface area is 112 Å². The number of carbonyl (C=O) groups is 1. The molecule has 4 nitrogen and oxygen atoms in total. The fourth-order valence-corrected chi connectivity index (χ4v) is 1.77. The van der Waals surface area contributed by atoms with Crippen LogP contribution in [0.2, 0.25) is 0 Å². The highest BCUT2D eigenvalue weighted by atomic mass is 16.5. The summed E-state index contributed by atoms with van der Waals surface area (Å²) in [6.45, 7) is 16.2. The Hall–Kier alpha value is -0.610. The molecule has 0 bridgehead atoms. The fraction of sp³-hybridized carbons (Fsp3) is 0.929. The third kappa shape index (κ3) is 8.48. The Balaban J connectivity index is 3.86. The Morgan fingerprint density at radius 3 is 2.06 bits per heavy atom. The summed E-state index contributed by atoms with van der Waals surface area (Å²) in [7, 11) is 0. The zero-order valence-electron chi connectivity index (χ0n) is 13.0. The van der Waals surface area contributed by atoms with Crippen LogP contribution in [0.1, 0.15) is 48.5 Å². The molecule has 0 aliphatic rings. The predicted octanol–water partition coefficient (Wildman–Crippen LogP) is 2.04. The van der Waals surface area contributed by atoms with Gasteiger partial charge in [0.1, 0.15) is 6.61 Å². The molecular formula is C14H30N2O2. The van der Waals surface area contributed by atoms with Crippen LogP contribution in [0.5, 0.6) is 0 Å². The van der Waals surface area contributed by atoms with Gasteiger partial charge in [-0.05, 0) is 48.5 Å². The van der Waals surface area contributed by atoms with Crippen LogP contribution < -0.4 is 5.32 Å². The first-order valence-electron chi connectivity index (χ1n) is 6.80. The largest absolute Gasteiger partial charge is 0.366 e. The summed E-state index contributed by atoms with van der Waals surface area (Å²) in [5.74, 6) is -0.0441. The first-order valence-corrected chi connectivity index (χ1v) is 6.80. The third-order valence-electron chi connectivity index (χ3n) is 2.66. The lowest BCUT2D eigenvalue weighted by molar-refractivity contribution is -0.130. The van der Waals surface area contributed by atoms with Gasteiger partial charge in [-0.25, -0.2) is 0 Å². The third-order valence-corrected chi connectivity index (χ3v) is 2.66. The van der Waals surface area contributed by atoms with E-state index in [-0.39, 0.29) is 18.1 Å². The van der Waals surface area contributed by atoms with Gasteiger partial charge in [0, 0.05) is 25.2 Å². The molecule has 18 heavy (non-hydrogen) atoms. The highest BCUT2D eigenvalue weighted by Gasteiger charge is 2.15. The number of hydrogen-bond donors (Lipinski definition) is 1. The molecule has 0 aromatic carbocycles. The van der Waals surface area contributed by atoms with Gasteiger partial charge in [-0.3, -0.25) is 9.69 Å². The molecule has 108 valence electrons. The lowest BCUT2D eigenvalue weighted by Crippen LogP contribution is -2.43. The average molecular weight is 258 g/mol. The summed E-state index contributed by atoms with van der Waals surface area (Å²) >= 11 is 0. The maximum atomic E-state index is 11.6. The van der Waals surface area contributed by atoms with Gasteiger partial charge in [0.15, 0.2) is 0 Å². The Morgan fingerprint density at radius 1 is 1.17 bits per heavy atom. The molecule has 1 N–H and O–H groups in total. The first-order chi connectivity index (χ1) is 8.13. The molecule has 0 aromatic rings. The zero-order valence-corrected chi connectivity index (χ0v) is 13.0. The van der Waals surface area contributed by atoms with Gasteiger partial charge >= 0.3 is 0 Å². The zero-order chi connectivity index (χ0) is 14.3. The SMILES string of the molecule is CC(C)N(CCNC(=O)COC(C)(C)C)C(C)C. The van der Waals surface area contributed by atoms with Gasteiger partial charge in [-0.15, -0.1) is 0 Å². The van der Waals surface area contributed by atoms with Crippen molar-refractivity contribution in [2.24, 2.45) is 0 Å². The van der Waals surface area contributed by atoms with Crippen LogP contribution in [0.15, 0.2) is 0 Å². The monoisotopic (exact) mass is 258 g/mol. The van der Waals surface area contributed by atoms with E-state index in [1.807, 2.05) is 20.8 Å². The van der Waals surface area contributed by atoms with Crippen LogP contribution in [0.4, 0.5) is 0 Å². The van der Waals surface area contributed by atoms with Gasteiger partial charge in [-0.2, -0.15) is 0 Å². The van der Waals surface area contributed by atoms with Gasteiger partial charge in [0.05, 0.1) is 5.60 Å². The van der Waals surface area contributed by atoms with Crippen molar-refractivity contribution in [3.63, 3.8) is 0 Å². The Morgan fingerprint density at radius 2 is 1.67 bits per heavy atom. The molecular weight excluding hydrogens is 228 g/mol. The molecule has 4 heteroatoms.